The zero-order chi connectivity index (χ0) is 16.4. The summed E-state index contributed by atoms with van der Waals surface area (Å²) in [4.78, 5) is 25.1. The first-order valence-corrected chi connectivity index (χ1v) is 7.15. The van der Waals surface area contributed by atoms with Crippen LogP contribution in [0.5, 0.6) is 0 Å². The summed E-state index contributed by atoms with van der Waals surface area (Å²) in [7, 11) is 1.70. The molecule has 6 nitrogen and oxygen atoms in total. The molecule has 0 saturated carbocycles. The number of likely N-dealkylation sites (N-methyl/N-ethyl adjacent to an activating group) is 1. The Balaban J connectivity index is 1.99. The Bertz CT molecular complexity index is 586. The number of nitrogens with one attached hydrogen (secondary N) is 1. The summed E-state index contributed by atoms with van der Waals surface area (Å²) in [5.41, 5.74) is 1.26. The third kappa shape index (κ3) is 3.42. The predicted octanol–water partition coefficient (Wildman–Crippen LogP) is 1.17. The molecule has 0 bridgehead atoms. The second-order valence-corrected chi connectivity index (χ2v) is 5.63. The first-order chi connectivity index (χ1) is 10.3. The van der Waals surface area contributed by atoms with E-state index in [1.165, 1.54) is 6.92 Å². The van der Waals surface area contributed by atoms with Crippen LogP contribution in [0.25, 0.3) is 0 Å². The van der Waals surface area contributed by atoms with Gasteiger partial charge in [-0.1, -0.05) is 0 Å². The Morgan fingerprint density at radius 3 is 2.68 bits per heavy atom. The van der Waals surface area contributed by atoms with Crippen LogP contribution < -0.4 is 5.32 Å². The van der Waals surface area contributed by atoms with Gasteiger partial charge in [-0.3, -0.25) is 9.59 Å². The Morgan fingerprint density at radius 2 is 2.14 bits per heavy atom. The van der Waals surface area contributed by atoms with Crippen LogP contribution in [-0.2, 0) is 16.0 Å². The van der Waals surface area contributed by atoms with Crippen LogP contribution in [0, 0.1) is 13.8 Å². The van der Waals surface area contributed by atoms with Gasteiger partial charge in [0.15, 0.2) is 0 Å². The van der Waals surface area contributed by atoms with Crippen molar-refractivity contribution in [1.29, 1.82) is 0 Å². The number of carbonyl (C=O) groups excluding carboxylic acids is 2. The van der Waals surface area contributed by atoms with Crippen molar-refractivity contribution in [3.8, 4) is 0 Å². The van der Waals surface area contributed by atoms with E-state index in [4.69, 9.17) is 0 Å². The molecule has 1 aliphatic heterocycles. The average molecular weight is 314 g/mol. The lowest BCUT2D eigenvalue weighted by Gasteiger charge is -2.30. The SMILES string of the molecule is Cc1nn(C(F)F)c(C)c1CC(=O)NC1CCC(=O)N(C)C1. The molecule has 2 heterocycles. The highest BCUT2D eigenvalue weighted by atomic mass is 19.3. The van der Waals surface area contributed by atoms with Gasteiger partial charge in [-0.15, -0.1) is 0 Å². The molecule has 8 heteroatoms. The number of carbonyl (C=O) groups is 2. The summed E-state index contributed by atoms with van der Waals surface area (Å²) in [5.74, 6) is -0.178. The molecule has 1 aromatic rings. The summed E-state index contributed by atoms with van der Waals surface area (Å²) in [6, 6.07) is -0.0963. The molecule has 22 heavy (non-hydrogen) atoms. The van der Waals surface area contributed by atoms with Gasteiger partial charge in [0.1, 0.15) is 0 Å². The number of nitrogens with zero attached hydrogens (tertiary/aromatic N) is 3. The number of alkyl halides is 2. The van der Waals surface area contributed by atoms with Crippen LogP contribution in [0.2, 0.25) is 0 Å². The molecule has 1 saturated heterocycles. The van der Waals surface area contributed by atoms with Gasteiger partial charge in [0, 0.05) is 37.3 Å². The highest BCUT2D eigenvalue weighted by Gasteiger charge is 2.25. The summed E-state index contributed by atoms with van der Waals surface area (Å²) >= 11 is 0. The minimum Gasteiger partial charge on any atom is -0.351 e. The fraction of sp³-hybridized carbons (Fsp3) is 0.643. The van der Waals surface area contributed by atoms with E-state index in [1.54, 1.807) is 18.9 Å². The van der Waals surface area contributed by atoms with Gasteiger partial charge in [0.25, 0.3) is 0 Å². The first-order valence-electron chi connectivity index (χ1n) is 7.15. The Morgan fingerprint density at radius 1 is 1.45 bits per heavy atom. The number of piperidine rings is 1. The van der Waals surface area contributed by atoms with Gasteiger partial charge < -0.3 is 10.2 Å². The second-order valence-electron chi connectivity index (χ2n) is 5.63. The summed E-state index contributed by atoms with van der Waals surface area (Å²) in [6.07, 6.45) is 1.02. The van der Waals surface area contributed by atoms with Gasteiger partial charge in [-0.2, -0.15) is 13.9 Å². The molecule has 0 aromatic carbocycles. The van der Waals surface area contributed by atoms with Crippen molar-refractivity contribution in [2.45, 2.75) is 45.7 Å². The number of halogens is 2. The number of hydrogen-bond donors (Lipinski definition) is 1. The quantitative estimate of drug-likeness (QED) is 0.907. The van der Waals surface area contributed by atoms with Crippen molar-refractivity contribution in [1.82, 2.24) is 20.0 Å². The Hall–Kier alpha value is -1.99. The lowest BCUT2D eigenvalue weighted by molar-refractivity contribution is -0.133. The number of hydrogen-bond acceptors (Lipinski definition) is 3. The number of amides is 2. The van der Waals surface area contributed by atoms with Gasteiger partial charge in [-0.05, 0) is 20.3 Å². The lowest BCUT2D eigenvalue weighted by atomic mass is 10.0. The molecule has 1 aliphatic rings. The van der Waals surface area contributed by atoms with Crippen molar-refractivity contribution in [3.63, 3.8) is 0 Å². The molecule has 0 spiro atoms. The smallest absolute Gasteiger partial charge is 0.333 e. The maximum absolute atomic E-state index is 12.8. The molecule has 0 aliphatic carbocycles. The minimum absolute atomic E-state index is 0.0124. The van der Waals surface area contributed by atoms with E-state index in [-0.39, 0.29) is 24.3 Å². The summed E-state index contributed by atoms with van der Waals surface area (Å²) in [6.45, 7) is 0.899. The molecule has 1 unspecified atom stereocenters. The molecule has 1 N–H and O–H groups in total. The maximum atomic E-state index is 12.8. The van der Waals surface area contributed by atoms with Gasteiger partial charge in [-0.25, -0.2) is 4.68 Å². The molecule has 1 atom stereocenters. The third-order valence-electron chi connectivity index (χ3n) is 3.99. The van der Waals surface area contributed by atoms with Crippen LogP contribution in [0.4, 0.5) is 8.78 Å². The molecule has 2 amide bonds. The zero-order valence-corrected chi connectivity index (χ0v) is 12.9. The van der Waals surface area contributed by atoms with Crippen molar-refractivity contribution >= 4 is 11.8 Å². The van der Waals surface area contributed by atoms with Crippen molar-refractivity contribution in [2.24, 2.45) is 0 Å². The van der Waals surface area contributed by atoms with E-state index in [1.807, 2.05) is 0 Å². The molecular formula is C14H20F2N4O2. The predicted molar refractivity (Wildman–Crippen MR) is 75.5 cm³/mol. The van der Waals surface area contributed by atoms with Crippen LogP contribution in [0.1, 0.15) is 36.3 Å². The van der Waals surface area contributed by atoms with E-state index in [2.05, 4.69) is 10.4 Å². The van der Waals surface area contributed by atoms with Crippen LogP contribution in [0.15, 0.2) is 0 Å². The van der Waals surface area contributed by atoms with E-state index < -0.39 is 6.55 Å². The standard InChI is InChI=1S/C14H20F2N4O2/c1-8-11(9(2)20(18-8)14(15)16)6-12(21)17-10-4-5-13(22)19(3)7-10/h10,14H,4-7H2,1-3H3,(H,17,21). The number of likely N-dealkylation sites (tertiary alicyclic amines) is 1. The maximum Gasteiger partial charge on any atom is 0.333 e. The van der Waals surface area contributed by atoms with Crippen LogP contribution in [-0.4, -0.2) is 46.1 Å². The van der Waals surface area contributed by atoms with Crippen molar-refractivity contribution < 1.29 is 18.4 Å². The Labute approximate surface area is 127 Å². The topological polar surface area (TPSA) is 67.2 Å². The highest BCUT2D eigenvalue weighted by Crippen LogP contribution is 2.20. The van der Waals surface area contributed by atoms with Crippen LogP contribution in [0.3, 0.4) is 0 Å². The monoisotopic (exact) mass is 314 g/mol. The van der Waals surface area contributed by atoms with Crippen molar-refractivity contribution in [2.75, 3.05) is 13.6 Å². The van der Waals surface area contributed by atoms with Gasteiger partial charge in [0.2, 0.25) is 11.8 Å². The number of aromatic nitrogens is 2. The van der Waals surface area contributed by atoms with Gasteiger partial charge >= 0.3 is 6.55 Å². The molecular weight excluding hydrogens is 294 g/mol. The van der Waals surface area contributed by atoms with E-state index in [0.29, 0.717) is 41.0 Å². The molecule has 122 valence electrons. The van der Waals surface area contributed by atoms with E-state index in [0.717, 1.165) is 0 Å². The molecule has 1 fully saturated rings. The number of rotatable bonds is 4. The average Bonchev–Trinajstić information content (AvgIpc) is 2.71. The largest absolute Gasteiger partial charge is 0.351 e. The third-order valence-corrected chi connectivity index (χ3v) is 3.99. The summed E-state index contributed by atoms with van der Waals surface area (Å²) in [5, 5.41) is 6.62. The normalized spacial score (nSPS) is 18.9. The highest BCUT2D eigenvalue weighted by molar-refractivity contribution is 5.80. The molecule has 2 rings (SSSR count). The Kier molecular flexibility index (Phi) is 4.77. The fourth-order valence-electron chi connectivity index (χ4n) is 2.71. The first kappa shape index (κ1) is 16.4. The van der Waals surface area contributed by atoms with E-state index in [9.17, 15) is 18.4 Å². The van der Waals surface area contributed by atoms with Gasteiger partial charge in [0.05, 0.1) is 12.1 Å². The molecule has 0 radical (unpaired) electrons. The minimum atomic E-state index is -2.71. The molecule has 1 aromatic heterocycles. The fourth-order valence-corrected chi connectivity index (χ4v) is 2.71. The summed E-state index contributed by atoms with van der Waals surface area (Å²) < 4.78 is 26.2. The van der Waals surface area contributed by atoms with E-state index >= 15 is 0 Å². The van der Waals surface area contributed by atoms with Crippen LogP contribution >= 0.6 is 0 Å². The number of aryl methyl sites for hydroxylation is 1. The van der Waals surface area contributed by atoms with Crippen molar-refractivity contribution in [3.05, 3.63) is 17.0 Å². The second kappa shape index (κ2) is 6.41. The zero-order valence-electron chi connectivity index (χ0n) is 12.9. The lowest BCUT2D eigenvalue weighted by Crippen LogP contribution is -2.48.